The number of hydrogen-bond acceptors (Lipinski definition) is 8. The zero-order chi connectivity index (χ0) is 35.5. The van der Waals surface area contributed by atoms with E-state index in [0.717, 1.165) is 81.3 Å². The smallest absolute Gasteiger partial charge is 0.161 e. The fraction of sp³-hybridized carbons (Fsp3) is 0.641. The lowest BCUT2D eigenvalue weighted by atomic mass is 9.80. The Bertz CT molecular complexity index is 1360. The van der Waals surface area contributed by atoms with Crippen LogP contribution in [0.4, 0.5) is 0 Å². The number of ketones is 2. The summed E-state index contributed by atoms with van der Waals surface area (Å²) in [6.45, 7) is 16.0. The minimum atomic E-state index is 0.202. The quantitative estimate of drug-likeness (QED) is 0.232. The van der Waals surface area contributed by atoms with Crippen molar-refractivity contribution in [3.8, 4) is 23.0 Å². The van der Waals surface area contributed by atoms with Crippen molar-refractivity contribution in [2.75, 3.05) is 48.1 Å². The maximum atomic E-state index is 12.6. The Morgan fingerprint density at radius 3 is 1.88 bits per heavy atom. The molecule has 0 N–H and O–H groups in total. The predicted molar refractivity (Wildman–Crippen MR) is 194 cm³/mol. The highest BCUT2D eigenvalue weighted by molar-refractivity contribution is 6.13. The largest absolute Gasteiger partial charge is 0.493 e. The zero-order valence-corrected chi connectivity index (χ0v) is 31.7. The number of piperidine rings is 1. The van der Waals surface area contributed by atoms with Gasteiger partial charge in [-0.15, -0.1) is 0 Å². The fourth-order valence-corrected chi connectivity index (χ4v) is 7.31. The van der Waals surface area contributed by atoms with Crippen molar-refractivity contribution in [1.82, 2.24) is 9.32 Å². The van der Waals surface area contributed by atoms with Crippen LogP contribution >= 0.6 is 11.8 Å². The second-order valence-corrected chi connectivity index (χ2v) is 14.6. The van der Waals surface area contributed by atoms with E-state index in [4.69, 9.17) is 30.7 Å². The number of carbonyl (C=O) groups excluding carboxylic acids is 2. The van der Waals surface area contributed by atoms with Crippen LogP contribution in [-0.2, 0) is 29.0 Å². The van der Waals surface area contributed by atoms with E-state index >= 15 is 0 Å². The van der Waals surface area contributed by atoms with E-state index in [0.29, 0.717) is 35.7 Å². The van der Waals surface area contributed by atoms with Crippen molar-refractivity contribution >= 4 is 23.3 Å². The van der Waals surface area contributed by atoms with Gasteiger partial charge >= 0.3 is 0 Å². The summed E-state index contributed by atoms with van der Waals surface area (Å²) in [6.07, 6.45) is 5.63. The monoisotopic (exact) mass is 686 g/mol. The number of nitrogens with zero attached hydrogens (tertiary/aromatic N) is 2. The van der Waals surface area contributed by atoms with Gasteiger partial charge in [-0.2, -0.15) is 0 Å². The lowest BCUT2D eigenvalue weighted by molar-refractivity contribution is -0.129. The minimum Gasteiger partial charge on any atom is -0.493 e. The summed E-state index contributed by atoms with van der Waals surface area (Å²) >= 11 is 5.97. The van der Waals surface area contributed by atoms with Crippen molar-refractivity contribution in [3.05, 3.63) is 46.5 Å². The van der Waals surface area contributed by atoms with E-state index in [1.807, 2.05) is 12.1 Å². The van der Waals surface area contributed by atoms with Crippen LogP contribution in [0.25, 0.3) is 0 Å². The van der Waals surface area contributed by atoms with Gasteiger partial charge in [-0.3, -0.25) is 14.5 Å². The molecule has 2 aromatic rings. The third-order valence-corrected chi connectivity index (χ3v) is 9.96. The molecule has 5 rings (SSSR count). The van der Waals surface area contributed by atoms with Gasteiger partial charge in [0, 0.05) is 50.5 Å². The van der Waals surface area contributed by atoms with E-state index < -0.39 is 0 Å². The van der Waals surface area contributed by atoms with Gasteiger partial charge in [0.1, 0.15) is 11.6 Å². The maximum Gasteiger partial charge on any atom is 0.161 e. The normalized spacial score (nSPS) is 19.5. The average Bonchev–Trinajstić information content (AvgIpc) is 3.06. The van der Waals surface area contributed by atoms with Gasteiger partial charge in [-0.05, 0) is 109 Å². The van der Waals surface area contributed by atoms with Gasteiger partial charge in [-0.1, -0.05) is 34.6 Å². The highest BCUT2D eigenvalue weighted by Crippen LogP contribution is 2.42. The Balaban J connectivity index is 0.000000215. The third kappa shape index (κ3) is 10.6. The molecule has 3 aliphatic heterocycles. The third-order valence-electron chi connectivity index (χ3n) is 9.67. The van der Waals surface area contributed by atoms with Crippen LogP contribution in [0.1, 0.15) is 95.5 Å². The van der Waals surface area contributed by atoms with Crippen LogP contribution in [-0.4, -0.2) is 69.0 Å². The first-order valence-electron chi connectivity index (χ1n) is 17.5. The highest BCUT2D eigenvalue weighted by Gasteiger charge is 2.38. The van der Waals surface area contributed by atoms with E-state index in [1.165, 1.54) is 22.3 Å². The summed E-state index contributed by atoms with van der Waals surface area (Å²) in [5.74, 6) is 5.58. The number of ether oxygens (including phenoxy) is 4. The highest BCUT2D eigenvalue weighted by atomic mass is 35.5. The second kappa shape index (κ2) is 18.8. The van der Waals surface area contributed by atoms with Gasteiger partial charge in [0.05, 0.1) is 28.4 Å². The van der Waals surface area contributed by atoms with Gasteiger partial charge in [0.2, 0.25) is 0 Å². The van der Waals surface area contributed by atoms with E-state index in [-0.39, 0.29) is 12.0 Å². The second-order valence-electron chi connectivity index (χ2n) is 14.1. The molecular formula is C39H59ClN2O6. The molecule has 1 saturated heterocycles. The lowest BCUT2D eigenvalue weighted by Crippen LogP contribution is -2.46. The Labute approximate surface area is 294 Å². The van der Waals surface area contributed by atoms with Crippen LogP contribution in [0, 0.1) is 23.7 Å². The van der Waals surface area contributed by atoms with Gasteiger partial charge in [-0.25, -0.2) is 4.42 Å². The average molecular weight is 687 g/mol. The first-order chi connectivity index (χ1) is 22.8. The molecule has 0 bridgehead atoms. The molecule has 2 aromatic carbocycles. The van der Waals surface area contributed by atoms with Gasteiger partial charge in [0.25, 0.3) is 0 Å². The number of benzene rings is 2. The fourth-order valence-electron chi connectivity index (χ4n) is 7.09. The summed E-state index contributed by atoms with van der Waals surface area (Å²) in [6, 6.07) is 8.40. The molecule has 3 aliphatic rings. The molecule has 3 heterocycles. The molecule has 9 heteroatoms. The van der Waals surface area contributed by atoms with Crippen LogP contribution < -0.4 is 18.9 Å². The van der Waals surface area contributed by atoms with E-state index in [1.54, 1.807) is 39.8 Å². The topological polar surface area (TPSA) is 77.5 Å². The maximum absolute atomic E-state index is 12.6. The first kappa shape index (κ1) is 39.6. The molecule has 48 heavy (non-hydrogen) atoms. The zero-order valence-electron chi connectivity index (χ0n) is 31.0. The number of halogens is 1. The summed E-state index contributed by atoms with van der Waals surface area (Å²) in [4.78, 5) is 26.0. The SMILES string of the molecule is CCC(CC(C)C)C(C)=O.COc1cc2c(cc1OC)C1CC(=O)C(CC(C)C)CN1CC2.COc1cc2c(cc1OC)CN(Cl)CC2. The molecule has 3 atom stereocenters. The summed E-state index contributed by atoms with van der Waals surface area (Å²) < 4.78 is 23.2. The number of carbonyl (C=O) groups is 2. The molecule has 1 fully saturated rings. The number of fused-ring (bicyclic) bond motifs is 4. The molecule has 8 nitrogen and oxygen atoms in total. The molecule has 0 saturated carbocycles. The van der Waals surface area contributed by atoms with Crippen LogP contribution in [0.5, 0.6) is 23.0 Å². The number of rotatable bonds is 10. The molecule has 3 unspecified atom stereocenters. The van der Waals surface area contributed by atoms with E-state index in [2.05, 4.69) is 51.7 Å². The van der Waals surface area contributed by atoms with Gasteiger partial charge in [0.15, 0.2) is 23.0 Å². The van der Waals surface area contributed by atoms with Crippen molar-refractivity contribution in [3.63, 3.8) is 0 Å². The molecular weight excluding hydrogens is 628 g/mol. The molecule has 0 aliphatic carbocycles. The van der Waals surface area contributed by atoms with Crippen LogP contribution in [0.15, 0.2) is 24.3 Å². The van der Waals surface area contributed by atoms with Crippen LogP contribution in [0.2, 0.25) is 0 Å². The molecule has 0 aromatic heterocycles. The Morgan fingerprint density at radius 1 is 0.833 bits per heavy atom. The van der Waals surface area contributed by atoms with E-state index in [9.17, 15) is 9.59 Å². The lowest BCUT2D eigenvalue weighted by Gasteiger charge is -2.43. The molecule has 0 radical (unpaired) electrons. The Hall–Kier alpha value is -2.81. The summed E-state index contributed by atoms with van der Waals surface area (Å²) in [5, 5.41) is 0. The summed E-state index contributed by atoms with van der Waals surface area (Å²) in [5.41, 5.74) is 5.04. The molecule has 0 spiro atoms. The van der Waals surface area contributed by atoms with Crippen molar-refractivity contribution in [2.45, 2.75) is 92.7 Å². The number of hydrogen-bond donors (Lipinski definition) is 0. The van der Waals surface area contributed by atoms with Crippen molar-refractivity contribution in [1.29, 1.82) is 0 Å². The van der Waals surface area contributed by atoms with Gasteiger partial charge < -0.3 is 18.9 Å². The number of methoxy groups -OCH3 is 4. The molecule has 268 valence electrons. The van der Waals surface area contributed by atoms with Crippen LogP contribution in [0.3, 0.4) is 0 Å². The Kier molecular flexibility index (Phi) is 15.5. The Morgan fingerprint density at radius 2 is 1.38 bits per heavy atom. The predicted octanol–water partition coefficient (Wildman–Crippen LogP) is 8.10. The first-order valence-corrected chi connectivity index (χ1v) is 17.9. The summed E-state index contributed by atoms with van der Waals surface area (Å²) in [7, 11) is 6.63. The molecule has 0 amide bonds. The number of Topliss-reactive ketones (excluding diaryl/α,β-unsaturated/α-hetero) is 2. The van der Waals surface area contributed by atoms with Crippen molar-refractivity contribution < 1.29 is 28.5 Å². The minimum absolute atomic E-state index is 0.202. The van der Waals surface area contributed by atoms with Crippen molar-refractivity contribution in [2.24, 2.45) is 23.7 Å². The standard InChI is InChI=1S/C19H27NO3.C11H14ClNO2.C9H18O/c1-12(2)7-14-11-20-6-5-13-8-18(22-3)19(23-4)9-15(13)16(20)10-17(14)21;1-14-10-5-8-3-4-13(12)7-9(8)6-11(10)15-2;1-5-9(8(4)10)6-7(2)3/h8-9,12,14,16H,5-7,10-11H2,1-4H3;5-6H,3-4,7H2,1-2H3;7,9H,5-6H2,1-4H3.